The van der Waals surface area contributed by atoms with E-state index >= 15 is 0 Å². The van der Waals surface area contributed by atoms with Crippen molar-refractivity contribution in [3.05, 3.63) is 29.8 Å². The smallest absolute Gasteiger partial charge is 0.119 e. The first kappa shape index (κ1) is 15.3. The Morgan fingerprint density at radius 1 is 1.35 bits per heavy atom. The van der Waals surface area contributed by atoms with Crippen molar-refractivity contribution in [1.82, 2.24) is 0 Å². The largest absolute Gasteiger partial charge is 0.494 e. The highest BCUT2D eigenvalue weighted by Gasteiger charge is 2.39. The van der Waals surface area contributed by atoms with Crippen molar-refractivity contribution >= 4 is 0 Å². The summed E-state index contributed by atoms with van der Waals surface area (Å²) in [6.45, 7) is 3.20. The van der Waals surface area contributed by atoms with E-state index in [1.807, 2.05) is 12.1 Å². The van der Waals surface area contributed by atoms with Gasteiger partial charge in [0.2, 0.25) is 0 Å². The zero-order valence-corrected chi connectivity index (χ0v) is 12.5. The van der Waals surface area contributed by atoms with Crippen LogP contribution in [0.5, 0.6) is 5.75 Å². The zero-order valence-electron chi connectivity index (χ0n) is 12.5. The molecule has 1 aliphatic carbocycles. The van der Waals surface area contributed by atoms with Gasteiger partial charge in [0.25, 0.3) is 0 Å². The summed E-state index contributed by atoms with van der Waals surface area (Å²) in [7, 11) is 0. The molecule has 0 saturated heterocycles. The lowest BCUT2D eigenvalue weighted by atomic mass is 9.88. The highest BCUT2D eigenvalue weighted by molar-refractivity contribution is 5.27. The van der Waals surface area contributed by atoms with Gasteiger partial charge in [-0.2, -0.15) is 0 Å². The van der Waals surface area contributed by atoms with Crippen molar-refractivity contribution in [2.75, 3.05) is 13.2 Å². The lowest BCUT2D eigenvalue weighted by Crippen LogP contribution is -2.41. The molecule has 1 aromatic rings. The van der Waals surface area contributed by atoms with E-state index in [2.05, 4.69) is 19.1 Å². The fourth-order valence-corrected chi connectivity index (χ4v) is 3.17. The second-order valence-corrected chi connectivity index (χ2v) is 5.93. The highest BCUT2D eigenvalue weighted by Crippen LogP contribution is 2.37. The molecule has 1 saturated carbocycles. The molecule has 0 aromatic heterocycles. The number of nitrogens with two attached hydrogens (primary N) is 1. The average Bonchev–Trinajstić information content (AvgIpc) is 2.83. The molecule has 2 rings (SSSR count). The molecule has 112 valence electrons. The molecular weight excluding hydrogens is 250 g/mol. The summed E-state index contributed by atoms with van der Waals surface area (Å²) in [6.07, 6.45) is 6.13. The van der Waals surface area contributed by atoms with Gasteiger partial charge in [0.05, 0.1) is 12.2 Å². The first-order chi connectivity index (χ1) is 9.68. The van der Waals surface area contributed by atoms with E-state index < -0.39 is 5.60 Å². The fraction of sp³-hybridized carbons (Fsp3) is 0.647. The average molecular weight is 277 g/mol. The Bertz CT molecular complexity index is 404. The summed E-state index contributed by atoms with van der Waals surface area (Å²) in [5, 5.41) is 10.4. The molecule has 3 nitrogen and oxygen atoms in total. The van der Waals surface area contributed by atoms with Gasteiger partial charge in [-0.25, -0.2) is 0 Å². The monoisotopic (exact) mass is 277 g/mol. The van der Waals surface area contributed by atoms with E-state index in [-0.39, 0.29) is 5.92 Å². The summed E-state index contributed by atoms with van der Waals surface area (Å²) in [5.41, 5.74) is 6.39. The third-order valence-electron chi connectivity index (χ3n) is 4.47. The molecule has 1 aliphatic rings. The van der Waals surface area contributed by atoms with Crippen molar-refractivity contribution in [2.45, 2.75) is 51.0 Å². The topological polar surface area (TPSA) is 55.5 Å². The van der Waals surface area contributed by atoms with Gasteiger partial charge in [-0.15, -0.1) is 0 Å². The van der Waals surface area contributed by atoms with Crippen molar-refractivity contribution in [1.29, 1.82) is 0 Å². The Labute approximate surface area is 122 Å². The van der Waals surface area contributed by atoms with Crippen LogP contribution in [0, 0.1) is 5.92 Å². The van der Waals surface area contributed by atoms with E-state index in [0.717, 1.165) is 37.9 Å². The minimum atomic E-state index is -0.658. The highest BCUT2D eigenvalue weighted by atomic mass is 16.5. The minimum Gasteiger partial charge on any atom is -0.494 e. The normalized spacial score (nSPS) is 25.9. The maximum absolute atomic E-state index is 10.4. The third-order valence-corrected chi connectivity index (χ3v) is 4.47. The summed E-state index contributed by atoms with van der Waals surface area (Å²) in [6, 6.07) is 8.33. The van der Waals surface area contributed by atoms with Crippen LogP contribution in [-0.2, 0) is 6.42 Å². The van der Waals surface area contributed by atoms with Gasteiger partial charge in [0, 0.05) is 6.54 Å². The van der Waals surface area contributed by atoms with Crippen molar-refractivity contribution in [2.24, 2.45) is 11.7 Å². The number of ether oxygens (including phenoxy) is 1. The summed E-state index contributed by atoms with van der Waals surface area (Å²) in [5.74, 6) is 1.20. The summed E-state index contributed by atoms with van der Waals surface area (Å²) >= 11 is 0. The predicted octanol–water partition coefficient (Wildman–Crippen LogP) is 2.90. The van der Waals surface area contributed by atoms with E-state index in [9.17, 15) is 5.11 Å². The number of rotatable bonds is 7. The van der Waals surface area contributed by atoms with Crippen molar-refractivity contribution < 1.29 is 9.84 Å². The lowest BCUT2D eigenvalue weighted by molar-refractivity contribution is 0.00355. The fourth-order valence-electron chi connectivity index (χ4n) is 3.17. The molecule has 0 heterocycles. The van der Waals surface area contributed by atoms with Crippen LogP contribution >= 0.6 is 0 Å². The van der Waals surface area contributed by atoms with Gasteiger partial charge < -0.3 is 15.6 Å². The Morgan fingerprint density at radius 3 is 2.75 bits per heavy atom. The van der Waals surface area contributed by atoms with E-state index in [0.29, 0.717) is 13.2 Å². The minimum absolute atomic E-state index is 0.284. The molecule has 20 heavy (non-hydrogen) atoms. The number of hydrogen-bond acceptors (Lipinski definition) is 3. The zero-order chi connectivity index (χ0) is 14.4. The number of aryl methyl sites for hydroxylation is 1. The molecule has 1 aromatic carbocycles. The van der Waals surface area contributed by atoms with Crippen LogP contribution in [0.3, 0.4) is 0 Å². The maximum Gasteiger partial charge on any atom is 0.119 e. The molecule has 0 amide bonds. The number of hydrogen-bond donors (Lipinski definition) is 2. The van der Waals surface area contributed by atoms with Crippen LogP contribution in [0.1, 0.15) is 44.6 Å². The first-order valence-electron chi connectivity index (χ1n) is 7.82. The number of benzene rings is 1. The van der Waals surface area contributed by atoms with Crippen LogP contribution in [0.4, 0.5) is 0 Å². The standard InChI is InChI=1S/C17H27NO2/c1-2-4-14-6-8-16(9-7-14)20-12-10-15-5-3-11-17(15,19)13-18/h6-9,15,19H,2-5,10-13,18H2,1H3. The van der Waals surface area contributed by atoms with Crippen molar-refractivity contribution in [3.8, 4) is 5.75 Å². The Morgan fingerprint density at radius 2 is 2.10 bits per heavy atom. The van der Waals surface area contributed by atoms with Gasteiger partial charge in [0.15, 0.2) is 0 Å². The van der Waals surface area contributed by atoms with E-state index in [1.165, 1.54) is 12.0 Å². The molecule has 3 heteroatoms. The molecule has 2 atom stereocenters. The van der Waals surface area contributed by atoms with Crippen LogP contribution in [0.15, 0.2) is 24.3 Å². The maximum atomic E-state index is 10.4. The summed E-state index contributed by atoms with van der Waals surface area (Å²) in [4.78, 5) is 0. The molecular formula is C17H27NO2. The Balaban J connectivity index is 1.78. The molecule has 0 spiro atoms. The molecule has 0 bridgehead atoms. The second-order valence-electron chi connectivity index (χ2n) is 5.93. The lowest BCUT2D eigenvalue weighted by Gasteiger charge is -2.28. The van der Waals surface area contributed by atoms with Gasteiger partial charge in [-0.3, -0.25) is 0 Å². The van der Waals surface area contributed by atoms with Gasteiger partial charge >= 0.3 is 0 Å². The van der Waals surface area contributed by atoms with Crippen molar-refractivity contribution in [3.63, 3.8) is 0 Å². The van der Waals surface area contributed by atoms with Crippen LogP contribution < -0.4 is 10.5 Å². The molecule has 2 unspecified atom stereocenters. The quantitative estimate of drug-likeness (QED) is 0.805. The van der Waals surface area contributed by atoms with Gasteiger partial charge in [-0.1, -0.05) is 31.9 Å². The second kappa shape index (κ2) is 7.09. The first-order valence-corrected chi connectivity index (χ1v) is 7.82. The van der Waals surface area contributed by atoms with Gasteiger partial charge in [-0.05, 0) is 49.3 Å². The third kappa shape index (κ3) is 3.74. The van der Waals surface area contributed by atoms with Crippen LogP contribution in [0.25, 0.3) is 0 Å². The van der Waals surface area contributed by atoms with Crippen LogP contribution in [-0.4, -0.2) is 23.9 Å². The Hall–Kier alpha value is -1.06. The number of aliphatic hydroxyl groups is 1. The van der Waals surface area contributed by atoms with Crippen LogP contribution in [0.2, 0.25) is 0 Å². The molecule has 0 aliphatic heterocycles. The molecule has 1 fully saturated rings. The van der Waals surface area contributed by atoms with E-state index in [1.54, 1.807) is 0 Å². The predicted molar refractivity (Wildman–Crippen MR) is 81.9 cm³/mol. The van der Waals surface area contributed by atoms with Gasteiger partial charge in [0.1, 0.15) is 5.75 Å². The summed E-state index contributed by atoms with van der Waals surface area (Å²) < 4.78 is 5.79. The SMILES string of the molecule is CCCc1ccc(OCCC2CCCC2(O)CN)cc1. The van der Waals surface area contributed by atoms with E-state index in [4.69, 9.17) is 10.5 Å². The Kier molecular flexibility index (Phi) is 5.44. The molecule has 3 N–H and O–H groups in total. The molecule has 0 radical (unpaired) electrons.